The van der Waals surface area contributed by atoms with Gasteiger partial charge in [-0.25, -0.2) is 0 Å². The van der Waals surface area contributed by atoms with Crippen LogP contribution in [0.15, 0.2) is 55.1 Å². The maximum absolute atomic E-state index is 4.07. The van der Waals surface area contributed by atoms with E-state index in [1.165, 1.54) is 22.3 Å². The van der Waals surface area contributed by atoms with Crippen molar-refractivity contribution in [3.05, 3.63) is 66.2 Å². The van der Waals surface area contributed by atoms with Crippen LogP contribution < -0.4 is 0 Å². The zero-order valence-corrected chi connectivity index (χ0v) is 10.5. The van der Waals surface area contributed by atoms with Crippen molar-refractivity contribution in [3.63, 3.8) is 0 Å². The van der Waals surface area contributed by atoms with Crippen LogP contribution in [0.3, 0.4) is 0 Å². The fourth-order valence-electron chi connectivity index (χ4n) is 2.09. The minimum atomic E-state index is 1.05. The summed E-state index contributed by atoms with van der Waals surface area (Å²) in [5.41, 5.74) is 6.32. The van der Waals surface area contributed by atoms with Crippen LogP contribution in [-0.4, -0.2) is 0 Å². The van der Waals surface area contributed by atoms with Gasteiger partial charge in [-0.05, 0) is 41.7 Å². The lowest BCUT2D eigenvalue weighted by Crippen LogP contribution is -1.90. The standard InChI is InChI=1S/C17H18/c1-4-14-10-11-16(12-17(14)13(2)3)15-8-6-5-7-9-15/h5-12H,2,4H2,1,3H3. The van der Waals surface area contributed by atoms with Gasteiger partial charge in [0, 0.05) is 0 Å². The molecule has 0 fully saturated rings. The first-order valence-electron chi connectivity index (χ1n) is 6.06. The van der Waals surface area contributed by atoms with Gasteiger partial charge in [0.25, 0.3) is 0 Å². The third kappa shape index (κ3) is 2.47. The number of allylic oxidation sites excluding steroid dienone is 1. The summed E-state index contributed by atoms with van der Waals surface area (Å²) in [6.07, 6.45) is 1.05. The Morgan fingerprint density at radius 1 is 1.00 bits per heavy atom. The van der Waals surface area contributed by atoms with Crippen molar-refractivity contribution >= 4 is 5.57 Å². The molecule has 0 atom stereocenters. The normalized spacial score (nSPS) is 10.2. The molecular formula is C17H18. The second-order valence-corrected chi connectivity index (χ2v) is 4.37. The first-order chi connectivity index (χ1) is 8.22. The highest BCUT2D eigenvalue weighted by Crippen LogP contribution is 2.26. The summed E-state index contributed by atoms with van der Waals surface area (Å²) >= 11 is 0. The van der Waals surface area contributed by atoms with E-state index in [9.17, 15) is 0 Å². The third-order valence-corrected chi connectivity index (χ3v) is 3.06. The number of hydrogen-bond donors (Lipinski definition) is 0. The van der Waals surface area contributed by atoms with Gasteiger partial charge in [0.05, 0.1) is 0 Å². The largest absolute Gasteiger partial charge is 0.0955 e. The van der Waals surface area contributed by atoms with Gasteiger partial charge in [-0.2, -0.15) is 0 Å². The quantitative estimate of drug-likeness (QED) is 0.689. The van der Waals surface area contributed by atoms with Crippen LogP contribution in [0.1, 0.15) is 25.0 Å². The van der Waals surface area contributed by atoms with Crippen LogP contribution >= 0.6 is 0 Å². The molecular weight excluding hydrogens is 204 g/mol. The molecule has 0 aliphatic heterocycles. The highest BCUT2D eigenvalue weighted by molar-refractivity contribution is 5.73. The smallest absolute Gasteiger partial charge is 0.0178 e. The minimum Gasteiger partial charge on any atom is -0.0955 e. The van der Waals surface area contributed by atoms with E-state index in [0.717, 1.165) is 12.0 Å². The Balaban J connectivity index is 2.51. The topological polar surface area (TPSA) is 0 Å². The fraction of sp³-hybridized carbons (Fsp3) is 0.176. The predicted molar refractivity (Wildman–Crippen MR) is 76.0 cm³/mol. The first-order valence-corrected chi connectivity index (χ1v) is 6.06. The van der Waals surface area contributed by atoms with Crippen LogP contribution in [-0.2, 0) is 6.42 Å². The Kier molecular flexibility index (Phi) is 3.43. The molecule has 0 nitrogen and oxygen atoms in total. The Labute approximate surface area is 104 Å². The third-order valence-electron chi connectivity index (χ3n) is 3.06. The van der Waals surface area contributed by atoms with E-state index in [-0.39, 0.29) is 0 Å². The van der Waals surface area contributed by atoms with Gasteiger partial charge >= 0.3 is 0 Å². The number of hydrogen-bond acceptors (Lipinski definition) is 0. The van der Waals surface area contributed by atoms with Gasteiger partial charge in [-0.3, -0.25) is 0 Å². The van der Waals surface area contributed by atoms with E-state index in [4.69, 9.17) is 0 Å². The molecule has 0 bridgehead atoms. The maximum atomic E-state index is 4.07. The Hall–Kier alpha value is -1.82. The molecule has 0 spiro atoms. The molecule has 17 heavy (non-hydrogen) atoms. The van der Waals surface area contributed by atoms with Crippen molar-refractivity contribution in [3.8, 4) is 11.1 Å². The fourth-order valence-corrected chi connectivity index (χ4v) is 2.09. The van der Waals surface area contributed by atoms with Gasteiger partial charge in [-0.1, -0.05) is 61.5 Å². The maximum Gasteiger partial charge on any atom is -0.0178 e. The Bertz CT molecular complexity index is 521. The van der Waals surface area contributed by atoms with E-state index < -0.39 is 0 Å². The minimum absolute atomic E-state index is 1.05. The summed E-state index contributed by atoms with van der Waals surface area (Å²) in [7, 11) is 0. The summed E-state index contributed by atoms with van der Waals surface area (Å²) < 4.78 is 0. The van der Waals surface area contributed by atoms with Crippen LogP contribution in [0, 0.1) is 0 Å². The molecule has 0 heteroatoms. The molecule has 2 aromatic carbocycles. The number of aryl methyl sites for hydroxylation is 1. The lowest BCUT2D eigenvalue weighted by Gasteiger charge is -2.10. The molecule has 0 aromatic heterocycles. The summed E-state index contributed by atoms with van der Waals surface area (Å²) in [6.45, 7) is 8.33. The average molecular weight is 222 g/mol. The zero-order chi connectivity index (χ0) is 12.3. The SMILES string of the molecule is C=C(C)c1cc(-c2ccccc2)ccc1CC. The van der Waals surface area contributed by atoms with Gasteiger partial charge < -0.3 is 0 Å². The zero-order valence-electron chi connectivity index (χ0n) is 10.5. The molecule has 0 saturated carbocycles. The van der Waals surface area contributed by atoms with E-state index in [2.05, 4.69) is 62.9 Å². The van der Waals surface area contributed by atoms with Crippen molar-refractivity contribution in [1.29, 1.82) is 0 Å². The van der Waals surface area contributed by atoms with Crippen LogP contribution in [0.4, 0.5) is 0 Å². The van der Waals surface area contributed by atoms with Crippen molar-refractivity contribution in [2.24, 2.45) is 0 Å². The van der Waals surface area contributed by atoms with Crippen molar-refractivity contribution in [2.45, 2.75) is 20.3 Å². The van der Waals surface area contributed by atoms with Gasteiger partial charge in [0.2, 0.25) is 0 Å². The summed E-state index contributed by atoms with van der Waals surface area (Å²) in [4.78, 5) is 0. The Morgan fingerprint density at radius 3 is 2.29 bits per heavy atom. The lowest BCUT2D eigenvalue weighted by molar-refractivity contribution is 1.13. The molecule has 0 amide bonds. The first kappa shape index (κ1) is 11.7. The van der Waals surface area contributed by atoms with Gasteiger partial charge in [0.15, 0.2) is 0 Å². The van der Waals surface area contributed by atoms with Crippen molar-refractivity contribution in [1.82, 2.24) is 0 Å². The van der Waals surface area contributed by atoms with Crippen molar-refractivity contribution in [2.75, 3.05) is 0 Å². The van der Waals surface area contributed by atoms with Crippen LogP contribution in [0.25, 0.3) is 16.7 Å². The molecule has 0 aliphatic rings. The molecule has 86 valence electrons. The predicted octanol–water partition coefficient (Wildman–Crippen LogP) is 4.95. The van der Waals surface area contributed by atoms with Gasteiger partial charge in [-0.15, -0.1) is 0 Å². The second-order valence-electron chi connectivity index (χ2n) is 4.37. The summed E-state index contributed by atoms with van der Waals surface area (Å²) in [5, 5.41) is 0. The monoisotopic (exact) mass is 222 g/mol. The van der Waals surface area contributed by atoms with E-state index in [1.807, 2.05) is 6.07 Å². The summed E-state index contributed by atoms with van der Waals surface area (Å²) in [6, 6.07) is 17.1. The molecule has 0 aliphatic carbocycles. The lowest BCUT2D eigenvalue weighted by atomic mass is 9.95. The van der Waals surface area contributed by atoms with Crippen molar-refractivity contribution < 1.29 is 0 Å². The van der Waals surface area contributed by atoms with Crippen LogP contribution in [0.2, 0.25) is 0 Å². The average Bonchev–Trinajstić information content (AvgIpc) is 2.39. The molecule has 0 saturated heterocycles. The van der Waals surface area contributed by atoms with E-state index >= 15 is 0 Å². The molecule has 2 aromatic rings. The van der Waals surface area contributed by atoms with E-state index in [0.29, 0.717) is 0 Å². The van der Waals surface area contributed by atoms with Crippen LogP contribution in [0.5, 0.6) is 0 Å². The highest BCUT2D eigenvalue weighted by atomic mass is 14.1. The molecule has 0 heterocycles. The van der Waals surface area contributed by atoms with Gasteiger partial charge in [0.1, 0.15) is 0 Å². The summed E-state index contributed by atoms with van der Waals surface area (Å²) in [5.74, 6) is 0. The number of rotatable bonds is 3. The second kappa shape index (κ2) is 5.01. The Morgan fingerprint density at radius 2 is 1.71 bits per heavy atom. The molecule has 2 rings (SSSR count). The highest BCUT2D eigenvalue weighted by Gasteiger charge is 2.04. The number of benzene rings is 2. The molecule has 0 radical (unpaired) electrons. The molecule has 0 unspecified atom stereocenters. The van der Waals surface area contributed by atoms with E-state index in [1.54, 1.807) is 0 Å². The molecule has 0 N–H and O–H groups in total.